The number of nitrogens with zero attached hydrogens (tertiary/aromatic N) is 10. The molecule has 0 amide bonds. The van der Waals surface area contributed by atoms with Gasteiger partial charge in [-0.1, -0.05) is 16.5 Å². The third-order valence-electron chi connectivity index (χ3n) is 3.40. The maximum absolute atomic E-state index is 11.0. The van der Waals surface area contributed by atoms with E-state index in [2.05, 4.69) is 35.5 Å². The van der Waals surface area contributed by atoms with Gasteiger partial charge >= 0.3 is 0 Å². The molecule has 0 saturated carbocycles. The summed E-state index contributed by atoms with van der Waals surface area (Å²) >= 11 is 1.26. The minimum absolute atomic E-state index is 0.182. The lowest BCUT2D eigenvalue weighted by Crippen LogP contribution is -2.08. The predicted octanol–water partition coefficient (Wildman–Crippen LogP) is 3.30. The summed E-state index contributed by atoms with van der Waals surface area (Å²) in [6, 6.07) is 3.00. The van der Waals surface area contributed by atoms with Crippen LogP contribution in [-0.2, 0) is 0 Å². The quantitative estimate of drug-likeness (QED) is 0.471. The highest BCUT2D eigenvalue weighted by molar-refractivity contribution is 7.19. The summed E-state index contributed by atoms with van der Waals surface area (Å²) in [5, 5.41) is 25.9. The first kappa shape index (κ1) is 18.2. The minimum Gasteiger partial charge on any atom is -0.354 e. The summed E-state index contributed by atoms with van der Waals surface area (Å²) in [6.07, 6.45) is 4.47. The molecule has 11 nitrogen and oxygen atoms in total. The van der Waals surface area contributed by atoms with E-state index in [1.54, 1.807) is 30.3 Å². The SMILES string of the molecule is CC(N=O)c1nc(N(C)C)sc1N=Nc1c(C#N)cnn1-c1ncccn1. The van der Waals surface area contributed by atoms with E-state index in [0.29, 0.717) is 15.8 Å². The van der Waals surface area contributed by atoms with Crippen LogP contribution < -0.4 is 4.90 Å². The summed E-state index contributed by atoms with van der Waals surface area (Å²) in [5.41, 5.74) is 0.634. The van der Waals surface area contributed by atoms with Gasteiger partial charge in [0.1, 0.15) is 23.4 Å². The van der Waals surface area contributed by atoms with Crippen molar-refractivity contribution in [2.75, 3.05) is 19.0 Å². The van der Waals surface area contributed by atoms with E-state index in [-0.39, 0.29) is 17.3 Å². The highest BCUT2D eigenvalue weighted by Crippen LogP contribution is 2.38. The van der Waals surface area contributed by atoms with E-state index in [9.17, 15) is 10.2 Å². The van der Waals surface area contributed by atoms with E-state index in [1.165, 1.54) is 22.2 Å². The zero-order chi connectivity index (χ0) is 19.4. The van der Waals surface area contributed by atoms with Crippen LogP contribution in [0.25, 0.3) is 5.95 Å². The Labute approximate surface area is 158 Å². The van der Waals surface area contributed by atoms with Crippen molar-refractivity contribution < 1.29 is 0 Å². The van der Waals surface area contributed by atoms with Crippen LogP contribution in [-0.4, -0.2) is 38.8 Å². The van der Waals surface area contributed by atoms with Crippen LogP contribution in [0.15, 0.2) is 40.1 Å². The maximum atomic E-state index is 11.0. The molecule has 0 aromatic carbocycles. The first-order valence-electron chi connectivity index (χ1n) is 7.73. The van der Waals surface area contributed by atoms with Gasteiger partial charge in [0.2, 0.25) is 0 Å². The molecule has 0 fully saturated rings. The zero-order valence-electron chi connectivity index (χ0n) is 14.7. The second kappa shape index (κ2) is 7.75. The lowest BCUT2D eigenvalue weighted by atomic mass is 10.3. The maximum Gasteiger partial charge on any atom is 0.252 e. The molecule has 3 heterocycles. The lowest BCUT2D eigenvalue weighted by molar-refractivity contribution is 0.779. The van der Waals surface area contributed by atoms with Gasteiger partial charge in [-0.05, 0) is 13.0 Å². The van der Waals surface area contributed by atoms with E-state index < -0.39 is 6.04 Å². The van der Waals surface area contributed by atoms with Crippen LogP contribution in [0.5, 0.6) is 0 Å². The van der Waals surface area contributed by atoms with Crippen molar-refractivity contribution in [2.24, 2.45) is 15.4 Å². The number of thiazole rings is 1. The molecule has 136 valence electrons. The fourth-order valence-electron chi connectivity index (χ4n) is 2.05. The Kier molecular flexibility index (Phi) is 5.23. The molecule has 3 rings (SSSR count). The number of rotatable bonds is 6. The number of anilines is 1. The molecule has 1 unspecified atom stereocenters. The third-order valence-corrected chi connectivity index (χ3v) is 4.52. The smallest absolute Gasteiger partial charge is 0.252 e. The standard InChI is InChI=1S/C15H14N10OS/c1-9(23-26)11-13(27-15(20-11)24(2)3)22-21-12-10(7-16)8-19-25(12)14-17-5-4-6-18-14/h4-6,8-9H,1-3H3. The van der Waals surface area contributed by atoms with Crippen LogP contribution in [0.2, 0.25) is 0 Å². The number of hydrogen-bond acceptors (Lipinski definition) is 11. The molecule has 27 heavy (non-hydrogen) atoms. The van der Waals surface area contributed by atoms with Gasteiger partial charge in [-0.3, -0.25) is 0 Å². The summed E-state index contributed by atoms with van der Waals surface area (Å²) in [5.74, 6) is 0.440. The Bertz CT molecular complexity index is 1020. The molecule has 0 saturated heterocycles. The van der Waals surface area contributed by atoms with Crippen molar-refractivity contribution >= 4 is 27.3 Å². The Balaban J connectivity index is 2.06. The number of hydrogen-bond donors (Lipinski definition) is 0. The van der Waals surface area contributed by atoms with Crippen LogP contribution in [0.3, 0.4) is 0 Å². The molecule has 1 atom stereocenters. The molecule has 3 aromatic heterocycles. The molecule has 0 bridgehead atoms. The second-order valence-electron chi connectivity index (χ2n) is 5.52. The summed E-state index contributed by atoms with van der Waals surface area (Å²) < 4.78 is 1.32. The molecular weight excluding hydrogens is 368 g/mol. The Morgan fingerprint density at radius 1 is 1.30 bits per heavy atom. The highest BCUT2D eigenvalue weighted by atomic mass is 32.1. The van der Waals surface area contributed by atoms with Crippen molar-refractivity contribution in [3.8, 4) is 12.0 Å². The molecule has 0 aliphatic rings. The number of nitriles is 1. The molecule has 0 spiro atoms. The number of azo groups is 1. The van der Waals surface area contributed by atoms with Gasteiger partial charge in [-0.25, -0.2) is 15.0 Å². The van der Waals surface area contributed by atoms with Gasteiger partial charge < -0.3 is 4.90 Å². The average molecular weight is 382 g/mol. The Morgan fingerprint density at radius 2 is 2.04 bits per heavy atom. The highest BCUT2D eigenvalue weighted by Gasteiger charge is 2.20. The molecule has 3 aromatic rings. The van der Waals surface area contributed by atoms with E-state index >= 15 is 0 Å². The predicted molar refractivity (Wildman–Crippen MR) is 98.7 cm³/mol. The molecular formula is C15H14N10OS. The van der Waals surface area contributed by atoms with Crippen molar-refractivity contribution in [1.82, 2.24) is 24.7 Å². The second-order valence-corrected chi connectivity index (χ2v) is 6.47. The monoisotopic (exact) mass is 382 g/mol. The molecule has 0 aliphatic heterocycles. The zero-order valence-corrected chi connectivity index (χ0v) is 15.5. The van der Waals surface area contributed by atoms with E-state index in [1.807, 2.05) is 20.2 Å². The van der Waals surface area contributed by atoms with Gasteiger partial charge in [-0.15, -0.1) is 10.2 Å². The van der Waals surface area contributed by atoms with Crippen LogP contribution in [0.1, 0.15) is 24.2 Å². The lowest BCUT2D eigenvalue weighted by Gasteiger charge is -2.05. The number of aromatic nitrogens is 5. The molecule has 0 aliphatic carbocycles. The fraction of sp³-hybridized carbons (Fsp3) is 0.267. The topological polar surface area (TPSA) is 138 Å². The van der Waals surface area contributed by atoms with Crippen LogP contribution >= 0.6 is 11.3 Å². The van der Waals surface area contributed by atoms with Gasteiger partial charge in [0.15, 0.2) is 16.0 Å². The van der Waals surface area contributed by atoms with Crippen molar-refractivity contribution in [1.29, 1.82) is 5.26 Å². The third kappa shape index (κ3) is 3.67. The van der Waals surface area contributed by atoms with Gasteiger partial charge in [-0.2, -0.15) is 19.9 Å². The van der Waals surface area contributed by atoms with Gasteiger partial charge in [0, 0.05) is 26.5 Å². The van der Waals surface area contributed by atoms with Gasteiger partial charge in [0.05, 0.1) is 6.20 Å². The molecule has 0 radical (unpaired) electrons. The number of nitroso groups, excluding NO2 is 1. The first-order valence-corrected chi connectivity index (χ1v) is 8.54. The molecule has 12 heteroatoms. The Morgan fingerprint density at radius 3 is 2.67 bits per heavy atom. The van der Waals surface area contributed by atoms with Crippen molar-refractivity contribution in [3.63, 3.8) is 0 Å². The van der Waals surface area contributed by atoms with Crippen molar-refractivity contribution in [2.45, 2.75) is 13.0 Å². The Hall–Kier alpha value is -3.59. The van der Waals surface area contributed by atoms with Crippen LogP contribution in [0.4, 0.5) is 16.0 Å². The van der Waals surface area contributed by atoms with E-state index in [4.69, 9.17) is 0 Å². The van der Waals surface area contributed by atoms with E-state index in [0.717, 1.165) is 0 Å². The fourth-order valence-corrected chi connectivity index (χ4v) is 2.96. The van der Waals surface area contributed by atoms with Gasteiger partial charge in [0.25, 0.3) is 5.95 Å². The largest absolute Gasteiger partial charge is 0.354 e. The minimum atomic E-state index is -0.679. The van der Waals surface area contributed by atoms with Crippen LogP contribution in [0, 0.1) is 16.2 Å². The summed E-state index contributed by atoms with van der Waals surface area (Å²) in [4.78, 5) is 25.4. The molecule has 0 N–H and O–H groups in total. The van der Waals surface area contributed by atoms with Crippen molar-refractivity contribution in [3.05, 3.63) is 40.8 Å². The average Bonchev–Trinajstić information content (AvgIpc) is 3.30. The summed E-state index contributed by atoms with van der Waals surface area (Å²) in [6.45, 7) is 1.63. The summed E-state index contributed by atoms with van der Waals surface area (Å²) in [7, 11) is 3.66. The normalized spacial score (nSPS) is 12.1. The first-order chi connectivity index (χ1) is 13.0.